The Labute approximate surface area is 225 Å². The Kier molecular flexibility index (Phi) is 8.35. The zero-order valence-electron chi connectivity index (χ0n) is 19.0. The van der Waals surface area contributed by atoms with Crippen LogP contribution in [-0.2, 0) is 16.2 Å². The molecule has 36 heavy (non-hydrogen) atoms. The molecule has 3 aromatic rings. The molecule has 1 heterocycles. The van der Waals surface area contributed by atoms with E-state index in [-0.39, 0.29) is 4.91 Å². The van der Waals surface area contributed by atoms with Gasteiger partial charge in [0.1, 0.15) is 24.7 Å². The number of ether oxygens (including phenoxy) is 2. The minimum Gasteiger partial charge on any atom is -0.495 e. The van der Waals surface area contributed by atoms with Crippen LogP contribution in [0.3, 0.4) is 0 Å². The first-order valence-electron chi connectivity index (χ1n) is 10.7. The number of hydrogen-bond acceptors (Lipinski definition) is 6. The average Bonchev–Trinajstić information content (AvgIpc) is 3.11. The van der Waals surface area contributed by atoms with Gasteiger partial charge in [-0.05, 0) is 75.2 Å². The monoisotopic (exact) mass is 586 g/mol. The maximum atomic E-state index is 12.8. The molecule has 4 rings (SSSR count). The Morgan fingerprint density at radius 1 is 1.08 bits per heavy atom. The Morgan fingerprint density at radius 3 is 2.53 bits per heavy atom. The summed E-state index contributed by atoms with van der Waals surface area (Å²) in [5, 5.41) is 2.44. The molecular formula is C26H20BrClN2O5S. The third-order valence-electron chi connectivity index (χ3n) is 5.10. The number of amides is 3. The molecule has 0 saturated carbocycles. The Balaban J connectivity index is 1.39. The number of hydrogen-bond donors (Lipinski definition) is 1. The second-order valence-corrected chi connectivity index (χ2v) is 9.88. The molecule has 0 spiro atoms. The van der Waals surface area contributed by atoms with Crippen molar-refractivity contribution in [2.45, 2.75) is 6.61 Å². The topological polar surface area (TPSA) is 84.9 Å². The number of benzene rings is 3. The minimum atomic E-state index is -0.534. The number of carbonyl (C=O) groups is 3. The lowest BCUT2D eigenvalue weighted by molar-refractivity contribution is -0.127. The van der Waals surface area contributed by atoms with Crippen molar-refractivity contribution in [3.05, 3.63) is 92.3 Å². The fourth-order valence-electron chi connectivity index (χ4n) is 3.34. The predicted molar refractivity (Wildman–Crippen MR) is 144 cm³/mol. The van der Waals surface area contributed by atoms with Crippen molar-refractivity contribution in [1.29, 1.82) is 0 Å². The molecule has 10 heteroatoms. The van der Waals surface area contributed by atoms with Crippen molar-refractivity contribution in [3.63, 3.8) is 0 Å². The van der Waals surface area contributed by atoms with Gasteiger partial charge in [0.25, 0.3) is 11.1 Å². The molecule has 1 saturated heterocycles. The SMILES string of the molecule is COc1ccc(NC(=O)CN2C(=O)S/C(=C/c3ccc(OCc4ccccc4)c(Br)c3)C2=O)cc1Cl. The number of imide groups is 1. The number of rotatable bonds is 8. The van der Waals surface area contributed by atoms with E-state index in [4.69, 9.17) is 21.1 Å². The number of carbonyl (C=O) groups excluding carboxylic acids is 3. The number of nitrogens with zero attached hydrogens (tertiary/aromatic N) is 1. The van der Waals surface area contributed by atoms with Crippen LogP contribution in [-0.4, -0.2) is 35.6 Å². The van der Waals surface area contributed by atoms with Gasteiger partial charge in [-0.3, -0.25) is 19.3 Å². The van der Waals surface area contributed by atoms with E-state index in [0.717, 1.165) is 22.2 Å². The molecule has 7 nitrogen and oxygen atoms in total. The van der Waals surface area contributed by atoms with Gasteiger partial charge < -0.3 is 14.8 Å². The largest absolute Gasteiger partial charge is 0.495 e. The normalized spacial score (nSPS) is 14.3. The highest BCUT2D eigenvalue weighted by Crippen LogP contribution is 2.34. The van der Waals surface area contributed by atoms with Gasteiger partial charge in [-0.25, -0.2) is 0 Å². The zero-order valence-corrected chi connectivity index (χ0v) is 22.2. The van der Waals surface area contributed by atoms with Crippen molar-refractivity contribution in [1.82, 2.24) is 4.90 Å². The molecule has 0 aliphatic carbocycles. The van der Waals surface area contributed by atoms with E-state index >= 15 is 0 Å². The summed E-state index contributed by atoms with van der Waals surface area (Å²) in [6.07, 6.45) is 1.61. The average molecular weight is 588 g/mol. The standard InChI is InChI=1S/C26H20BrClN2O5S/c1-34-22-10-8-18(13-20(22)28)29-24(31)14-30-25(32)23(36-26(30)33)12-17-7-9-21(19(27)11-17)35-15-16-5-3-2-4-6-16/h2-13H,14-15H2,1H3,(H,29,31)/b23-12+. The Hall–Kier alpha value is -3.27. The van der Waals surface area contributed by atoms with E-state index in [9.17, 15) is 14.4 Å². The van der Waals surface area contributed by atoms with E-state index in [1.807, 2.05) is 30.3 Å². The van der Waals surface area contributed by atoms with E-state index in [1.54, 1.807) is 36.4 Å². The van der Waals surface area contributed by atoms with Gasteiger partial charge in [0.15, 0.2) is 0 Å². The Morgan fingerprint density at radius 2 is 1.83 bits per heavy atom. The van der Waals surface area contributed by atoms with Gasteiger partial charge in [0, 0.05) is 5.69 Å². The molecule has 1 aliphatic heterocycles. The second kappa shape index (κ2) is 11.6. The van der Waals surface area contributed by atoms with Crippen LogP contribution in [0.2, 0.25) is 5.02 Å². The maximum Gasteiger partial charge on any atom is 0.294 e. The third-order valence-corrected chi connectivity index (χ3v) is 6.92. The first kappa shape index (κ1) is 25.8. The fourth-order valence-corrected chi connectivity index (χ4v) is 4.94. The van der Waals surface area contributed by atoms with Crippen molar-refractivity contribution < 1.29 is 23.9 Å². The van der Waals surface area contributed by atoms with Gasteiger partial charge in [0.2, 0.25) is 5.91 Å². The highest BCUT2D eigenvalue weighted by Gasteiger charge is 2.36. The molecule has 0 bridgehead atoms. The van der Waals surface area contributed by atoms with Gasteiger partial charge in [0.05, 0.1) is 21.5 Å². The van der Waals surface area contributed by atoms with Crippen molar-refractivity contribution in [2.75, 3.05) is 19.0 Å². The fraction of sp³-hybridized carbons (Fsp3) is 0.115. The lowest BCUT2D eigenvalue weighted by atomic mass is 10.2. The Bertz CT molecular complexity index is 1350. The number of anilines is 1. The van der Waals surface area contributed by atoms with Crippen LogP contribution in [0.5, 0.6) is 11.5 Å². The lowest BCUT2D eigenvalue weighted by Gasteiger charge is -2.13. The molecule has 1 aliphatic rings. The second-order valence-electron chi connectivity index (χ2n) is 7.63. The van der Waals surface area contributed by atoms with E-state index < -0.39 is 23.6 Å². The lowest BCUT2D eigenvalue weighted by Crippen LogP contribution is -2.36. The first-order chi connectivity index (χ1) is 17.3. The molecular weight excluding hydrogens is 568 g/mol. The number of nitrogens with one attached hydrogen (secondary N) is 1. The molecule has 3 amide bonds. The summed E-state index contributed by atoms with van der Waals surface area (Å²) in [6.45, 7) is 0.00405. The van der Waals surface area contributed by atoms with Gasteiger partial charge >= 0.3 is 0 Å². The quantitative estimate of drug-likeness (QED) is 0.309. The van der Waals surface area contributed by atoms with Crippen LogP contribution in [0, 0.1) is 0 Å². The molecule has 3 aromatic carbocycles. The number of thioether (sulfide) groups is 1. The van der Waals surface area contributed by atoms with Gasteiger partial charge in [-0.1, -0.05) is 48.0 Å². The van der Waals surface area contributed by atoms with Gasteiger partial charge in [-0.15, -0.1) is 0 Å². The summed E-state index contributed by atoms with van der Waals surface area (Å²) in [7, 11) is 1.49. The first-order valence-corrected chi connectivity index (χ1v) is 12.7. The van der Waals surface area contributed by atoms with Crippen LogP contribution in [0.1, 0.15) is 11.1 Å². The molecule has 0 aromatic heterocycles. The van der Waals surface area contributed by atoms with Crippen molar-refractivity contribution >= 4 is 68.1 Å². The molecule has 1 N–H and O–H groups in total. The number of halogens is 2. The summed E-state index contributed by atoms with van der Waals surface area (Å²) < 4.78 is 11.7. The summed E-state index contributed by atoms with van der Waals surface area (Å²) in [4.78, 5) is 38.8. The molecule has 1 fully saturated rings. The van der Waals surface area contributed by atoms with Crippen molar-refractivity contribution in [3.8, 4) is 11.5 Å². The van der Waals surface area contributed by atoms with Crippen LogP contribution < -0.4 is 14.8 Å². The molecule has 184 valence electrons. The van der Waals surface area contributed by atoms with Gasteiger partial charge in [-0.2, -0.15) is 0 Å². The predicted octanol–water partition coefficient (Wildman–Crippen LogP) is 6.37. The summed E-state index contributed by atoms with van der Waals surface area (Å²) in [5.74, 6) is 0.0588. The maximum absolute atomic E-state index is 12.8. The van der Waals surface area contributed by atoms with Crippen LogP contribution in [0.4, 0.5) is 10.5 Å². The van der Waals surface area contributed by atoms with E-state index in [0.29, 0.717) is 38.9 Å². The molecule has 0 unspecified atom stereocenters. The van der Waals surface area contributed by atoms with Crippen molar-refractivity contribution in [2.24, 2.45) is 0 Å². The highest BCUT2D eigenvalue weighted by atomic mass is 79.9. The van der Waals surface area contributed by atoms with E-state index in [2.05, 4.69) is 21.2 Å². The zero-order chi connectivity index (χ0) is 25.7. The minimum absolute atomic E-state index is 0.227. The summed E-state index contributed by atoms with van der Waals surface area (Å²) in [6, 6.07) is 19.9. The number of methoxy groups -OCH3 is 1. The molecule has 0 radical (unpaired) electrons. The summed E-state index contributed by atoms with van der Waals surface area (Å²) >= 11 is 10.4. The van der Waals surface area contributed by atoms with Crippen LogP contribution >= 0.6 is 39.3 Å². The smallest absolute Gasteiger partial charge is 0.294 e. The van der Waals surface area contributed by atoms with E-state index in [1.165, 1.54) is 13.2 Å². The molecule has 0 atom stereocenters. The van der Waals surface area contributed by atoms with Crippen LogP contribution in [0.15, 0.2) is 76.1 Å². The third kappa shape index (κ3) is 6.29. The van der Waals surface area contributed by atoms with Crippen LogP contribution in [0.25, 0.3) is 6.08 Å². The summed E-state index contributed by atoms with van der Waals surface area (Å²) in [5.41, 5.74) is 2.17. The highest BCUT2D eigenvalue weighted by molar-refractivity contribution is 9.10.